The molecule has 9 heteroatoms. The molecule has 174 valence electrons. The Bertz CT molecular complexity index is 1270. The molecule has 0 bridgehead atoms. The molecule has 34 heavy (non-hydrogen) atoms. The zero-order chi connectivity index (χ0) is 23.3. The molecule has 1 N–H and O–H groups in total. The van der Waals surface area contributed by atoms with Crippen LogP contribution in [0.5, 0.6) is 11.5 Å². The number of ether oxygens (including phenoxy) is 2. The highest BCUT2D eigenvalue weighted by Gasteiger charge is 2.22. The van der Waals surface area contributed by atoms with Gasteiger partial charge in [0.1, 0.15) is 18.5 Å². The summed E-state index contributed by atoms with van der Waals surface area (Å²) < 4.78 is 19.1. The summed E-state index contributed by atoms with van der Waals surface area (Å²) in [4.78, 5) is 12.6. The molecule has 0 fully saturated rings. The third-order valence-corrected chi connectivity index (χ3v) is 6.28. The van der Waals surface area contributed by atoms with Crippen LogP contribution in [0.15, 0.2) is 76.5 Å². The van der Waals surface area contributed by atoms with Crippen molar-refractivity contribution in [3.8, 4) is 22.9 Å². The van der Waals surface area contributed by atoms with Crippen LogP contribution in [-0.4, -0.2) is 45.7 Å². The maximum absolute atomic E-state index is 12.6. The fourth-order valence-corrected chi connectivity index (χ4v) is 4.43. The largest absolute Gasteiger partial charge is 0.486 e. The fourth-order valence-electron chi connectivity index (χ4n) is 3.67. The topological polar surface area (TPSA) is 91.4 Å². The Balaban J connectivity index is 1.23. The zero-order valence-corrected chi connectivity index (χ0v) is 19.5. The van der Waals surface area contributed by atoms with Crippen molar-refractivity contribution in [3.63, 3.8) is 0 Å². The minimum Gasteiger partial charge on any atom is -0.486 e. The van der Waals surface area contributed by atoms with Crippen LogP contribution < -0.4 is 14.8 Å². The van der Waals surface area contributed by atoms with E-state index in [9.17, 15) is 4.79 Å². The van der Waals surface area contributed by atoms with Crippen LogP contribution >= 0.6 is 11.8 Å². The Morgan fingerprint density at radius 2 is 2.00 bits per heavy atom. The van der Waals surface area contributed by atoms with E-state index in [1.165, 1.54) is 11.8 Å². The number of rotatable bonds is 8. The van der Waals surface area contributed by atoms with Gasteiger partial charge in [-0.2, -0.15) is 0 Å². The van der Waals surface area contributed by atoms with E-state index in [-0.39, 0.29) is 17.8 Å². The lowest BCUT2D eigenvalue weighted by atomic mass is 10.1. The van der Waals surface area contributed by atoms with E-state index >= 15 is 0 Å². The molecule has 0 saturated heterocycles. The number of carbonyl (C=O) groups excluding carboxylic acids is 1. The summed E-state index contributed by atoms with van der Waals surface area (Å²) in [5.74, 6) is 3.02. The molecule has 0 saturated carbocycles. The number of aryl methyl sites for hydroxylation is 1. The van der Waals surface area contributed by atoms with Crippen LogP contribution in [0.2, 0.25) is 0 Å². The monoisotopic (exact) mass is 476 g/mol. The zero-order valence-electron chi connectivity index (χ0n) is 18.6. The first-order valence-corrected chi connectivity index (χ1v) is 11.9. The number of fused-ring (bicyclic) bond motifs is 1. The van der Waals surface area contributed by atoms with Crippen LogP contribution in [0.4, 0.5) is 0 Å². The van der Waals surface area contributed by atoms with Gasteiger partial charge in [0.2, 0.25) is 5.91 Å². The Morgan fingerprint density at radius 1 is 1.12 bits per heavy atom. The van der Waals surface area contributed by atoms with Gasteiger partial charge in [-0.3, -0.25) is 9.36 Å². The van der Waals surface area contributed by atoms with E-state index in [0.717, 1.165) is 28.5 Å². The van der Waals surface area contributed by atoms with Crippen molar-refractivity contribution in [2.75, 3.05) is 18.9 Å². The van der Waals surface area contributed by atoms with E-state index < -0.39 is 0 Å². The smallest absolute Gasteiger partial charge is 0.230 e. The number of nitrogens with one attached hydrogen (secondary N) is 1. The molecule has 1 atom stereocenters. The van der Waals surface area contributed by atoms with Crippen molar-refractivity contribution in [2.45, 2.75) is 24.7 Å². The summed E-state index contributed by atoms with van der Waals surface area (Å²) in [7, 11) is 0. The van der Waals surface area contributed by atoms with Gasteiger partial charge < -0.3 is 19.2 Å². The van der Waals surface area contributed by atoms with Gasteiger partial charge in [0.05, 0.1) is 25.1 Å². The van der Waals surface area contributed by atoms with Crippen LogP contribution in [0.25, 0.3) is 11.4 Å². The quantitative estimate of drug-likeness (QED) is 0.385. The molecule has 8 nitrogen and oxygen atoms in total. The van der Waals surface area contributed by atoms with E-state index in [1.807, 2.05) is 66.1 Å². The first-order valence-electron chi connectivity index (χ1n) is 11.0. The van der Waals surface area contributed by atoms with Crippen LogP contribution in [-0.2, 0) is 11.3 Å². The second-order valence-corrected chi connectivity index (χ2v) is 8.87. The summed E-state index contributed by atoms with van der Waals surface area (Å²) in [5, 5.41) is 12.3. The van der Waals surface area contributed by atoms with Gasteiger partial charge in [0.15, 0.2) is 22.5 Å². The van der Waals surface area contributed by atoms with Crippen molar-refractivity contribution in [1.82, 2.24) is 20.1 Å². The SMILES string of the molecule is Cc1cccc(-c2nnc(SCC(=O)NC[C@@H]3COc4ccccc4O3)n2Cc2ccco2)c1. The molecule has 0 aliphatic carbocycles. The number of furan rings is 1. The normalized spacial score (nSPS) is 14.7. The summed E-state index contributed by atoms with van der Waals surface area (Å²) in [6.45, 7) is 3.26. The van der Waals surface area contributed by atoms with E-state index in [0.29, 0.717) is 30.6 Å². The Morgan fingerprint density at radius 3 is 2.82 bits per heavy atom. The number of thioether (sulfide) groups is 1. The van der Waals surface area contributed by atoms with Crippen LogP contribution in [0.3, 0.4) is 0 Å². The molecule has 5 rings (SSSR count). The molecule has 1 amide bonds. The molecule has 2 aromatic heterocycles. The average molecular weight is 477 g/mol. The number of aromatic nitrogens is 3. The predicted molar refractivity (Wildman–Crippen MR) is 128 cm³/mol. The standard InChI is InChI=1S/C25H24N4O4S/c1-17-6-4-7-18(12-17)24-27-28-25(29(24)14-19-8-5-11-31-19)34-16-23(30)26-13-20-15-32-21-9-2-3-10-22(21)33-20/h2-12,20H,13-16H2,1H3,(H,26,30)/t20-/m1/s1. The molecule has 4 aromatic rings. The molecule has 0 unspecified atom stereocenters. The van der Waals surface area contributed by atoms with Gasteiger partial charge >= 0.3 is 0 Å². The Hall–Kier alpha value is -3.72. The first-order chi connectivity index (χ1) is 16.7. The van der Waals surface area contributed by atoms with Crippen LogP contribution in [0.1, 0.15) is 11.3 Å². The van der Waals surface area contributed by atoms with Crippen molar-refractivity contribution < 1.29 is 18.7 Å². The van der Waals surface area contributed by atoms with Gasteiger partial charge in [0.25, 0.3) is 0 Å². The highest BCUT2D eigenvalue weighted by atomic mass is 32.2. The maximum Gasteiger partial charge on any atom is 0.230 e. The molecular weight excluding hydrogens is 452 g/mol. The minimum atomic E-state index is -0.237. The van der Waals surface area contributed by atoms with Gasteiger partial charge in [0, 0.05) is 5.56 Å². The Labute approximate surface area is 201 Å². The second kappa shape index (κ2) is 10.0. The molecule has 0 spiro atoms. The molecule has 1 aliphatic heterocycles. The third kappa shape index (κ3) is 5.09. The number of para-hydroxylation sites is 2. The molecule has 2 aromatic carbocycles. The van der Waals surface area contributed by atoms with Crippen molar-refractivity contribution in [2.24, 2.45) is 0 Å². The maximum atomic E-state index is 12.6. The second-order valence-electron chi connectivity index (χ2n) is 7.93. The summed E-state index contributed by atoms with van der Waals surface area (Å²) in [5.41, 5.74) is 2.10. The lowest BCUT2D eigenvalue weighted by Crippen LogP contribution is -2.41. The molecular formula is C25H24N4O4S. The van der Waals surface area contributed by atoms with Crippen molar-refractivity contribution in [3.05, 3.63) is 78.3 Å². The summed E-state index contributed by atoms with van der Waals surface area (Å²) >= 11 is 1.34. The summed E-state index contributed by atoms with van der Waals surface area (Å²) in [6.07, 6.45) is 1.40. The minimum absolute atomic E-state index is 0.114. The summed E-state index contributed by atoms with van der Waals surface area (Å²) in [6, 6.07) is 19.4. The number of hydrogen-bond donors (Lipinski definition) is 1. The van der Waals surface area contributed by atoms with E-state index in [2.05, 4.69) is 21.6 Å². The van der Waals surface area contributed by atoms with Gasteiger partial charge in [-0.1, -0.05) is 47.7 Å². The fraction of sp³-hybridized carbons (Fsp3) is 0.240. The first kappa shape index (κ1) is 22.1. The van der Waals surface area contributed by atoms with Gasteiger partial charge in [-0.05, 0) is 37.3 Å². The van der Waals surface area contributed by atoms with E-state index in [4.69, 9.17) is 13.9 Å². The third-order valence-electron chi connectivity index (χ3n) is 5.31. The lowest BCUT2D eigenvalue weighted by Gasteiger charge is -2.26. The molecule has 3 heterocycles. The molecule has 0 radical (unpaired) electrons. The van der Waals surface area contributed by atoms with E-state index in [1.54, 1.807) is 6.26 Å². The lowest BCUT2D eigenvalue weighted by molar-refractivity contribution is -0.119. The highest BCUT2D eigenvalue weighted by Crippen LogP contribution is 2.30. The number of amides is 1. The number of nitrogens with zero attached hydrogens (tertiary/aromatic N) is 3. The number of benzene rings is 2. The van der Waals surface area contributed by atoms with Gasteiger partial charge in [-0.25, -0.2) is 0 Å². The van der Waals surface area contributed by atoms with Gasteiger partial charge in [-0.15, -0.1) is 10.2 Å². The average Bonchev–Trinajstić information content (AvgIpc) is 3.52. The number of carbonyl (C=O) groups is 1. The Kier molecular flexibility index (Phi) is 6.53. The highest BCUT2D eigenvalue weighted by molar-refractivity contribution is 7.99. The van der Waals surface area contributed by atoms with Crippen molar-refractivity contribution in [1.29, 1.82) is 0 Å². The molecule has 1 aliphatic rings. The predicted octanol–water partition coefficient (Wildman–Crippen LogP) is 3.94. The van der Waals surface area contributed by atoms with Crippen LogP contribution in [0, 0.1) is 6.92 Å². The number of hydrogen-bond acceptors (Lipinski definition) is 7. The van der Waals surface area contributed by atoms with Crippen molar-refractivity contribution >= 4 is 17.7 Å².